The molecule has 0 aromatic heterocycles. The number of hydrogen-bond donors (Lipinski definition) is 1. The summed E-state index contributed by atoms with van der Waals surface area (Å²) < 4.78 is 0. The highest BCUT2D eigenvalue weighted by Gasteiger charge is 1.99. The second-order valence-electron chi connectivity index (χ2n) is 1.18. The van der Waals surface area contributed by atoms with Gasteiger partial charge in [-0.15, -0.1) is 0 Å². The maximum absolute atomic E-state index is 10.2. The molecular weight excluding hydrogens is 122 g/mol. The fourth-order valence-corrected chi connectivity index (χ4v) is 0.202. The van der Waals surface area contributed by atoms with Crippen LogP contribution in [0.3, 0.4) is 0 Å². The Morgan fingerprint density at radius 1 is 1.33 bits per heavy atom. The molecule has 0 spiro atoms. The van der Waals surface area contributed by atoms with Gasteiger partial charge in [0.15, 0.2) is 0 Å². The summed E-state index contributed by atoms with van der Waals surface area (Å²) in [6.45, 7) is 3.07. The van der Waals surface area contributed by atoms with Crippen LogP contribution in [0.4, 0.5) is 0 Å². The first-order chi connectivity index (χ1) is 4.20. The van der Waals surface area contributed by atoms with Gasteiger partial charge < -0.3 is 0 Å². The molecule has 1 N–H and O–H groups in total. The minimum absolute atomic E-state index is 0.0153. The van der Waals surface area contributed by atoms with Gasteiger partial charge in [-0.1, -0.05) is 6.58 Å². The topological polar surface area (TPSA) is 63.2 Å². The first kappa shape index (κ1) is 7.55. The van der Waals surface area contributed by atoms with Crippen molar-refractivity contribution in [1.82, 2.24) is 5.32 Å². The molecule has 0 radical (unpaired) electrons. The van der Waals surface area contributed by atoms with E-state index in [4.69, 9.17) is 0 Å². The Bertz CT molecular complexity index is 144. The van der Waals surface area contributed by atoms with E-state index in [-0.39, 0.29) is 6.29 Å². The molecule has 2 amide bonds. The first-order valence-electron chi connectivity index (χ1n) is 2.13. The van der Waals surface area contributed by atoms with Crippen LogP contribution in [0.25, 0.3) is 0 Å². The van der Waals surface area contributed by atoms with E-state index < -0.39 is 11.8 Å². The lowest BCUT2D eigenvalue weighted by Crippen LogP contribution is -2.29. The molecule has 0 aromatic carbocycles. The van der Waals surface area contributed by atoms with Gasteiger partial charge in [0, 0.05) is 0 Å². The molecule has 48 valence electrons. The molecule has 0 unspecified atom stereocenters. The third-order valence-electron chi connectivity index (χ3n) is 0.539. The monoisotopic (exact) mass is 127 g/mol. The van der Waals surface area contributed by atoms with Gasteiger partial charge in [-0.3, -0.25) is 19.7 Å². The van der Waals surface area contributed by atoms with E-state index in [0.29, 0.717) is 0 Å². The number of carbonyl (C=O) groups excluding carboxylic acids is 3. The summed E-state index contributed by atoms with van der Waals surface area (Å²) in [6.07, 6.45) is 0.919. The summed E-state index contributed by atoms with van der Waals surface area (Å²) in [5.74, 6) is -1.63. The lowest BCUT2D eigenvalue weighted by molar-refractivity contribution is -0.134. The largest absolute Gasteiger partial charge is 0.292 e. The molecule has 0 bridgehead atoms. The molecule has 0 aromatic rings. The van der Waals surface area contributed by atoms with Gasteiger partial charge >= 0.3 is 0 Å². The van der Waals surface area contributed by atoms with E-state index in [0.717, 1.165) is 6.08 Å². The molecular formula is C5H5NO3. The molecule has 4 heteroatoms. The summed E-state index contributed by atoms with van der Waals surface area (Å²) in [5, 5.41) is 1.72. The predicted molar refractivity (Wildman–Crippen MR) is 29.4 cm³/mol. The molecule has 0 fully saturated rings. The van der Waals surface area contributed by atoms with E-state index in [1.807, 2.05) is 0 Å². The average molecular weight is 127 g/mol. The van der Waals surface area contributed by atoms with E-state index >= 15 is 0 Å². The van der Waals surface area contributed by atoms with Crippen molar-refractivity contribution in [2.24, 2.45) is 0 Å². The number of rotatable bonds is 2. The number of aldehydes is 1. The normalized spacial score (nSPS) is 7.56. The smallest absolute Gasteiger partial charge is 0.290 e. The summed E-state index contributed by atoms with van der Waals surface area (Å²) in [6, 6.07) is 0. The maximum Gasteiger partial charge on any atom is 0.290 e. The number of carbonyl (C=O) groups is 3. The third-order valence-corrected chi connectivity index (χ3v) is 0.539. The summed E-state index contributed by atoms with van der Waals surface area (Å²) in [4.78, 5) is 29.8. The zero-order chi connectivity index (χ0) is 7.28. The van der Waals surface area contributed by atoms with Crippen LogP contribution in [0.15, 0.2) is 12.7 Å². The van der Waals surface area contributed by atoms with Crippen molar-refractivity contribution in [3.63, 3.8) is 0 Å². The van der Waals surface area contributed by atoms with Crippen LogP contribution in [0, 0.1) is 0 Å². The Morgan fingerprint density at radius 3 is 2.22 bits per heavy atom. The molecule has 0 saturated carbocycles. The average Bonchev–Trinajstić information content (AvgIpc) is 1.87. The molecule has 0 saturated heterocycles. The van der Waals surface area contributed by atoms with E-state index in [1.54, 1.807) is 5.32 Å². The minimum atomic E-state index is -0.958. The Labute approximate surface area is 51.5 Å². The van der Waals surface area contributed by atoms with Gasteiger partial charge in [0.1, 0.15) is 0 Å². The molecule has 0 aliphatic carbocycles. The van der Waals surface area contributed by atoms with Crippen LogP contribution in [-0.4, -0.2) is 18.1 Å². The van der Waals surface area contributed by atoms with Crippen LogP contribution >= 0.6 is 0 Å². The zero-order valence-corrected chi connectivity index (χ0v) is 4.59. The predicted octanol–water partition coefficient (Wildman–Crippen LogP) is -0.986. The highest BCUT2D eigenvalue weighted by molar-refractivity contribution is 6.28. The molecule has 0 atom stereocenters. The summed E-state index contributed by atoms with van der Waals surface area (Å²) in [7, 11) is 0. The second kappa shape index (κ2) is 3.54. The van der Waals surface area contributed by atoms with E-state index in [1.165, 1.54) is 0 Å². The highest BCUT2D eigenvalue weighted by atomic mass is 16.2. The first-order valence-corrected chi connectivity index (χ1v) is 2.13. The number of imide groups is 1. The van der Waals surface area contributed by atoms with Crippen molar-refractivity contribution in [2.45, 2.75) is 0 Å². The second-order valence-corrected chi connectivity index (χ2v) is 1.18. The zero-order valence-electron chi connectivity index (χ0n) is 4.59. The fourth-order valence-electron chi connectivity index (χ4n) is 0.202. The van der Waals surface area contributed by atoms with Crippen LogP contribution in [0.5, 0.6) is 0 Å². The van der Waals surface area contributed by atoms with Gasteiger partial charge in [-0.05, 0) is 6.08 Å². The molecule has 0 heterocycles. The Balaban J connectivity index is 3.73. The Morgan fingerprint density at radius 2 is 1.89 bits per heavy atom. The van der Waals surface area contributed by atoms with Gasteiger partial charge in [-0.25, -0.2) is 0 Å². The fraction of sp³-hybridized carbons (Fsp3) is 0. The molecule has 0 rings (SSSR count). The molecule has 9 heavy (non-hydrogen) atoms. The van der Waals surface area contributed by atoms with Crippen molar-refractivity contribution in [3.05, 3.63) is 12.7 Å². The number of hydrogen-bond acceptors (Lipinski definition) is 3. The quantitative estimate of drug-likeness (QED) is 0.294. The Kier molecular flexibility index (Phi) is 2.97. The van der Waals surface area contributed by atoms with Crippen molar-refractivity contribution >= 4 is 18.1 Å². The van der Waals surface area contributed by atoms with Gasteiger partial charge in [-0.2, -0.15) is 0 Å². The number of nitrogens with one attached hydrogen (secondary N) is 1. The van der Waals surface area contributed by atoms with Crippen molar-refractivity contribution in [1.29, 1.82) is 0 Å². The Hall–Kier alpha value is -1.45. The number of amides is 2. The summed E-state index contributed by atoms with van der Waals surface area (Å²) >= 11 is 0. The minimum Gasteiger partial charge on any atom is -0.292 e. The van der Waals surface area contributed by atoms with Gasteiger partial charge in [0.25, 0.3) is 5.91 Å². The van der Waals surface area contributed by atoms with Crippen LogP contribution in [0.2, 0.25) is 0 Å². The highest BCUT2D eigenvalue weighted by Crippen LogP contribution is 1.63. The standard InChI is InChI=1S/C5H5NO3/c1-2-4(8)6-5(9)3-7/h2-3H,1H2,(H,6,8,9). The van der Waals surface area contributed by atoms with Crippen molar-refractivity contribution in [2.75, 3.05) is 0 Å². The van der Waals surface area contributed by atoms with Crippen LogP contribution in [-0.2, 0) is 14.4 Å². The summed E-state index contributed by atoms with van der Waals surface area (Å²) in [5.41, 5.74) is 0. The van der Waals surface area contributed by atoms with Crippen LogP contribution in [0.1, 0.15) is 0 Å². The lowest BCUT2D eigenvalue weighted by atomic mass is 10.5. The SMILES string of the molecule is C=CC(=O)NC(=O)C=O. The maximum atomic E-state index is 10.2. The molecule has 4 nitrogen and oxygen atoms in total. The van der Waals surface area contributed by atoms with Crippen molar-refractivity contribution in [3.8, 4) is 0 Å². The van der Waals surface area contributed by atoms with E-state index in [9.17, 15) is 14.4 Å². The van der Waals surface area contributed by atoms with Crippen LogP contribution < -0.4 is 5.32 Å². The van der Waals surface area contributed by atoms with E-state index in [2.05, 4.69) is 6.58 Å². The molecule has 0 aliphatic rings. The molecule has 0 aliphatic heterocycles. The van der Waals surface area contributed by atoms with Gasteiger partial charge in [0.2, 0.25) is 12.2 Å². The van der Waals surface area contributed by atoms with Gasteiger partial charge in [0.05, 0.1) is 0 Å². The third kappa shape index (κ3) is 3.16. The van der Waals surface area contributed by atoms with Crippen molar-refractivity contribution < 1.29 is 14.4 Å². The lowest BCUT2D eigenvalue weighted by Gasteiger charge is -1.88.